The van der Waals surface area contributed by atoms with Crippen LogP contribution < -0.4 is 5.32 Å². The topological polar surface area (TPSA) is 32.3 Å². The molecule has 3 atom stereocenters. The summed E-state index contributed by atoms with van der Waals surface area (Å²) in [6, 6.07) is 5.77. The van der Waals surface area contributed by atoms with Crippen molar-refractivity contribution in [2.24, 2.45) is 11.8 Å². The number of rotatable bonds is 5. The van der Waals surface area contributed by atoms with E-state index in [1.54, 1.807) is 6.07 Å². The third kappa shape index (κ3) is 5.37. The van der Waals surface area contributed by atoms with Gasteiger partial charge in [0.15, 0.2) is 0 Å². The summed E-state index contributed by atoms with van der Waals surface area (Å²) < 4.78 is 0. The van der Waals surface area contributed by atoms with Crippen molar-refractivity contribution in [3.63, 3.8) is 0 Å². The van der Waals surface area contributed by atoms with E-state index in [4.69, 9.17) is 23.2 Å². The van der Waals surface area contributed by atoms with E-state index in [2.05, 4.69) is 19.2 Å². The maximum Gasteiger partial charge on any atom is 0.234 e. The molecule has 128 valence electrons. The van der Waals surface area contributed by atoms with Crippen molar-refractivity contribution in [2.75, 3.05) is 13.6 Å². The van der Waals surface area contributed by atoms with E-state index in [1.807, 2.05) is 24.1 Å². The van der Waals surface area contributed by atoms with Crippen molar-refractivity contribution in [3.8, 4) is 0 Å². The van der Waals surface area contributed by atoms with Gasteiger partial charge in [-0.15, -0.1) is 0 Å². The maximum atomic E-state index is 12.3. The number of carbonyl (C=O) groups is 1. The number of amides is 1. The lowest BCUT2D eigenvalue weighted by Crippen LogP contribution is -2.46. The minimum atomic E-state index is 0.0866. The van der Waals surface area contributed by atoms with Gasteiger partial charge in [-0.3, -0.25) is 9.69 Å². The van der Waals surface area contributed by atoms with Crippen LogP contribution in [0.4, 0.5) is 0 Å². The van der Waals surface area contributed by atoms with Gasteiger partial charge in [0.1, 0.15) is 0 Å². The number of likely N-dealkylation sites (N-methyl/N-ethyl adjacent to an activating group) is 1. The van der Waals surface area contributed by atoms with E-state index < -0.39 is 0 Å². The summed E-state index contributed by atoms with van der Waals surface area (Å²) in [5.74, 6) is 1.31. The summed E-state index contributed by atoms with van der Waals surface area (Å²) in [5, 5.41) is 4.47. The molecule has 0 saturated heterocycles. The first-order valence-corrected chi connectivity index (χ1v) is 9.04. The number of carbonyl (C=O) groups excluding carboxylic acids is 1. The molecule has 5 heteroatoms. The summed E-state index contributed by atoms with van der Waals surface area (Å²) in [5.41, 5.74) is 0.978. The smallest absolute Gasteiger partial charge is 0.234 e. The lowest BCUT2D eigenvalue weighted by molar-refractivity contribution is -0.123. The Labute approximate surface area is 149 Å². The third-order valence-electron chi connectivity index (χ3n) is 4.92. The van der Waals surface area contributed by atoms with Crippen LogP contribution in [-0.2, 0) is 11.3 Å². The third-order valence-corrected chi connectivity index (χ3v) is 5.51. The van der Waals surface area contributed by atoms with Gasteiger partial charge in [-0.2, -0.15) is 0 Å². The minimum Gasteiger partial charge on any atom is -0.352 e. The van der Waals surface area contributed by atoms with Crippen LogP contribution in [0.15, 0.2) is 18.2 Å². The van der Waals surface area contributed by atoms with Gasteiger partial charge in [0.05, 0.1) is 6.54 Å². The summed E-state index contributed by atoms with van der Waals surface area (Å²) in [6.45, 7) is 5.51. The molecule has 0 heterocycles. The van der Waals surface area contributed by atoms with Crippen molar-refractivity contribution in [3.05, 3.63) is 33.8 Å². The lowest BCUT2D eigenvalue weighted by atomic mass is 9.78. The summed E-state index contributed by atoms with van der Waals surface area (Å²) in [4.78, 5) is 14.3. The standard InChI is InChI=1S/C18H26Cl2N2O/c1-12-5-4-6-17(13(12)2)21-18(23)11-22(3)10-14-7-8-15(19)9-16(14)20/h7-9,12-13,17H,4-6,10-11H2,1-3H3,(H,21,23)/t12-,13+,17+/m1/s1. The second-order valence-electron chi connectivity index (χ2n) is 6.85. The first-order chi connectivity index (χ1) is 10.9. The molecule has 0 aliphatic heterocycles. The minimum absolute atomic E-state index is 0.0866. The van der Waals surface area contributed by atoms with E-state index in [9.17, 15) is 4.79 Å². The summed E-state index contributed by atoms with van der Waals surface area (Å²) in [6.07, 6.45) is 3.55. The Hall–Kier alpha value is -0.770. The fourth-order valence-corrected chi connectivity index (χ4v) is 3.75. The number of halogens is 2. The molecule has 3 nitrogen and oxygen atoms in total. The van der Waals surface area contributed by atoms with Crippen molar-refractivity contribution in [1.82, 2.24) is 10.2 Å². The van der Waals surface area contributed by atoms with Crippen molar-refractivity contribution < 1.29 is 4.79 Å². The van der Waals surface area contributed by atoms with Gasteiger partial charge in [-0.1, -0.05) is 56.0 Å². The van der Waals surface area contributed by atoms with Crippen LogP contribution in [0.25, 0.3) is 0 Å². The number of hydrogen-bond donors (Lipinski definition) is 1. The Balaban J connectivity index is 1.84. The highest BCUT2D eigenvalue weighted by atomic mass is 35.5. The molecular formula is C18H26Cl2N2O. The van der Waals surface area contributed by atoms with E-state index in [1.165, 1.54) is 12.8 Å². The van der Waals surface area contributed by atoms with Crippen molar-refractivity contribution >= 4 is 29.1 Å². The molecule has 1 aliphatic carbocycles. The van der Waals surface area contributed by atoms with Gasteiger partial charge >= 0.3 is 0 Å². The molecule has 0 aromatic heterocycles. The molecule has 0 unspecified atom stereocenters. The zero-order chi connectivity index (χ0) is 17.0. The molecular weight excluding hydrogens is 331 g/mol. The van der Waals surface area contributed by atoms with Crippen LogP contribution in [0, 0.1) is 11.8 Å². The van der Waals surface area contributed by atoms with E-state index in [0.29, 0.717) is 41.0 Å². The molecule has 1 amide bonds. The fourth-order valence-electron chi connectivity index (χ4n) is 3.28. The molecule has 1 fully saturated rings. The second-order valence-corrected chi connectivity index (χ2v) is 7.69. The first kappa shape index (κ1) is 18.6. The van der Waals surface area contributed by atoms with Gasteiger partial charge in [0, 0.05) is 22.6 Å². The Morgan fingerprint density at radius 1 is 1.30 bits per heavy atom. The normalized spacial score (nSPS) is 24.7. The van der Waals surface area contributed by atoms with E-state index in [0.717, 1.165) is 12.0 Å². The zero-order valence-electron chi connectivity index (χ0n) is 14.1. The predicted octanol–water partition coefficient (Wildman–Crippen LogP) is 4.37. The molecule has 1 aromatic carbocycles. The van der Waals surface area contributed by atoms with Crippen LogP contribution in [0.5, 0.6) is 0 Å². The fraction of sp³-hybridized carbons (Fsp3) is 0.611. The molecule has 0 radical (unpaired) electrons. The number of hydrogen-bond acceptors (Lipinski definition) is 2. The van der Waals surface area contributed by atoms with Gasteiger partial charge in [0.25, 0.3) is 0 Å². The van der Waals surface area contributed by atoms with Crippen LogP contribution in [-0.4, -0.2) is 30.4 Å². The zero-order valence-corrected chi connectivity index (χ0v) is 15.6. The quantitative estimate of drug-likeness (QED) is 0.849. The Bertz CT molecular complexity index is 550. The maximum absolute atomic E-state index is 12.3. The Morgan fingerprint density at radius 3 is 2.74 bits per heavy atom. The largest absolute Gasteiger partial charge is 0.352 e. The van der Waals surface area contributed by atoms with Gasteiger partial charge in [-0.05, 0) is 43.0 Å². The van der Waals surface area contributed by atoms with Crippen molar-refractivity contribution in [1.29, 1.82) is 0 Å². The second kappa shape index (κ2) is 8.36. The molecule has 23 heavy (non-hydrogen) atoms. The summed E-state index contributed by atoms with van der Waals surface area (Å²) >= 11 is 12.1. The van der Waals surface area contributed by atoms with Crippen LogP contribution >= 0.6 is 23.2 Å². The highest BCUT2D eigenvalue weighted by Crippen LogP contribution is 2.29. The number of benzene rings is 1. The van der Waals surface area contributed by atoms with Crippen LogP contribution in [0.2, 0.25) is 10.0 Å². The highest BCUT2D eigenvalue weighted by Gasteiger charge is 2.28. The van der Waals surface area contributed by atoms with E-state index >= 15 is 0 Å². The molecule has 1 aliphatic rings. The van der Waals surface area contributed by atoms with Crippen molar-refractivity contribution in [2.45, 2.75) is 45.7 Å². The molecule has 1 saturated carbocycles. The molecule has 1 aromatic rings. The Morgan fingerprint density at radius 2 is 2.04 bits per heavy atom. The molecule has 2 rings (SSSR count). The summed E-state index contributed by atoms with van der Waals surface area (Å²) in [7, 11) is 1.93. The Kier molecular flexibility index (Phi) is 6.75. The number of nitrogens with one attached hydrogen (secondary N) is 1. The number of nitrogens with zero attached hydrogens (tertiary/aromatic N) is 1. The van der Waals surface area contributed by atoms with E-state index in [-0.39, 0.29) is 5.91 Å². The van der Waals surface area contributed by atoms with Gasteiger partial charge < -0.3 is 5.32 Å². The average molecular weight is 357 g/mol. The highest BCUT2D eigenvalue weighted by molar-refractivity contribution is 6.35. The molecule has 1 N–H and O–H groups in total. The van der Waals surface area contributed by atoms with Crippen LogP contribution in [0.3, 0.4) is 0 Å². The monoisotopic (exact) mass is 356 g/mol. The van der Waals surface area contributed by atoms with Crippen LogP contribution in [0.1, 0.15) is 38.7 Å². The average Bonchev–Trinajstić information content (AvgIpc) is 2.47. The predicted molar refractivity (Wildman–Crippen MR) is 96.9 cm³/mol. The first-order valence-electron chi connectivity index (χ1n) is 8.28. The molecule has 0 bridgehead atoms. The SMILES string of the molecule is C[C@H]1[C@H](C)CCC[C@@H]1NC(=O)CN(C)Cc1ccc(Cl)cc1Cl. The van der Waals surface area contributed by atoms with Gasteiger partial charge in [-0.25, -0.2) is 0 Å². The molecule has 0 spiro atoms. The lowest BCUT2D eigenvalue weighted by Gasteiger charge is -2.35. The van der Waals surface area contributed by atoms with Gasteiger partial charge in [0.2, 0.25) is 5.91 Å².